The van der Waals surface area contributed by atoms with E-state index >= 15 is 0 Å². The molecule has 0 fully saturated rings. The zero-order valence-electron chi connectivity index (χ0n) is 14.4. The molecule has 1 aromatic heterocycles. The first-order chi connectivity index (χ1) is 13.1. The molecule has 28 heavy (non-hydrogen) atoms. The van der Waals surface area contributed by atoms with Crippen molar-refractivity contribution < 1.29 is 33.0 Å². The number of carbonyl (C=O) groups is 2. The van der Waals surface area contributed by atoms with Crippen molar-refractivity contribution in [2.45, 2.75) is 25.4 Å². The molecule has 11 heteroatoms. The average Bonchev–Trinajstić information content (AvgIpc) is 2.61. The van der Waals surface area contributed by atoms with Gasteiger partial charge in [0.15, 0.2) is 0 Å². The van der Waals surface area contributed by atoms with Gasteiger partial charge in [-0.25, -0.2) is 18.0 Å². The van der Waals surface area contributed by atoms with Gasteiger partial charge in [-0.05, 0) is 25.1 Å². The zero-order valence-corrected chi connectivity index (χ0v) is 14.4. The molecular formula is C17H15F3N4O4. The van der Waals surface area contributed by atoms with E-state index in [4.69, 9.17) is 0 Å². The molecule has 1 atom stereocenters. The molecule has 2 aromatic rings. The summed E-state index contributed by atoms with van der Waals surface area (Å²) in [5.74, 6) is -7.39. The predicted molar refractivity (Wildman–Crippen MR) is 88.8 cm³/mol. The van der Waals surface area contributed by atoms with Gasteiger partial charge in [-0.3, -0.25) is 14.7 Å². The Kier molecular flexibility index (Phi) is 4.96. The Labute approximate surface area is 156 Å². The van der Waals surface area contributed by atoms with E-state index in [2.05, 4.69) is 10.3 Å². The number of aliphatic hydroxyl groups is 2. The van der Waals surface area contributed by atoms with E-state index in [-0.39, 0.29) is 16.9 Å². The van der Waals surface area contributed by atoms with Gasteiger partial charge < -0.3 is 20.8 Å². The van der Waals surface area contributed by atoms with Crippen molar-refractivity contribution in [3.05, 3.63) is 59.2 Å². The lowest BCUT2D eigenvalue weighted by atomic mass is 10.0. The molecule has 1 unspecified atom stereocenters. The number of amides is 3. The summed E-state index contributed by atoms with van der Waals surface area (Å²) in [6, 6.07) is 1.95. The number of hydrogen-bond donors (Lipinski definition) is 4. The Morgan fingerprint density at radius 3 is 2.68 bits per heavy atom. The number of carbonyl (C=O) groups excluding carboxylic acids is 2. The van der Waals surface area contributed by atoms with Gasteiger partial charge in [0, 0.05) is 17.3 Å². The van der Waals surface area contributed by atoms with Gasteiger partial charge in [-0.1, -0.05) is 0 Å². The Morgan fingerprint density at radius 1 is 1.29 bits per heavy atom. The molecule has 0 radical (unpaired) electrons. The lowest BCUT2D eigenvalue weighted by Crippen LogP contribution is -2.63. The molecule has 0 bridgehead atoms. The van der Waals surface area contributed by atoms with E-state index < -0.39 is 47.9 Å². The van der Waals surface area contributed by atoms with Crippen LogP contribution in [0, 0.1) is 17.5 Å². The third kappa shape index (κ3) is 3.49. The van der Waals surface area contributed by atoms with Crippen LogP contribution < -0.4 is 10.6 Å². The fourth-order valence-electron chi connectivity index (χ4n) is 2.86. The number of pyridine rings is 1. The van der Waals surface area contributed by atoms with Crippen LogP contribution in [-0.2, 0) is 11.3 Å². The fourth-order valence-corrected chi connectivity index (χ4v) is 2.86. The highest BCUT2D eigenvalue weighted by Gasteiger charge is 2.48. The number of nitrogens with zero attached hydrogens (tertiary/aromatic N) is 2. The molecule has 0 saturated heterocycles. The highest BCUT2D eigenvalue weighted by molar-refractivity contribution is 5.97. The third-order valence-corrected chi connectivity index (χ3v) is 4.25. The lowest BCUT2D eigenvalue weighted by Gasteiger charge is -2.41. The summed E-state index contributed by atoms with van der Waals surface area (Å²) in [5.41, 5.74) is 0.115. The number of fused-ring (bicyclic) bond motifs is 1. The minimum absolute atomic E-state index is 0.214. The Morgan fingerprint density at radius 2 is 2.00 bits per heavy atom. The largest absolute Gasteiger partial charge is 0.344 e. The number of hydrogen-bond acceptors (Lipinski definition) is 5. The first kappa shape index (κ1) is 19.6. The second kappa shape index (κ2) is 7.09. The summed E-state index contributed by atoms with van der Waals surface area (Å²) in [6.45, 7) is 0.773. The van der Waals surface area contributed by atoms with E-state index in [0.29, 0.717) is 11.0 Å². The van der Waals surface area contributed by atoms with Crippen LogP contribution in [0.1, 0.15) is 24.2 Å². The van der Waals surface area contributed by atoms with Gasteiger partial charge in [-0.2, -0.15) is 0 Å². The highest BCUT2D eigenvalue weighted by atomic mass is 19.1. The van der Waals surface area contributed by atoms with Gasteiger partial charge in [0.1, 0.15) is 17.5 Å². The van der Waals surface area contributed by atoms with Crippen molar-refractivity contribution in [2.75, 3.05) is 5.32 Å². The summed E-state index contributed by atoms with van der Waals surface area (Å²) in [6.07, 6.45) is 0.724. The Bertz CT molecular complexity index is 954. The van der Waals surface area contributed by atoms with E-state index in [0.717, 1.165) is 18.3 Å². The molecule has 0 saturated carbocycles. The quantitative estimate of drug-likeness (QED) is 0.583. The minimum Gasteiger partial charge on any atom is -0.344 e. The molecule has 1 aliphatic rings. The summed E-state index contributed by atoms with van der Waals surface area (Å²) >= 11 is 0. The first-order valence-corrected chi connectivity index (χ1v) is 8.04. The van der Waals surface area contributed by atoms with E-state index in [1.165, 1.54) is 13.0 Å². The summed E-state index contributed by atoms with van der Waals surface area (Å²) in [4.78, 5) is 28.4. The zero-order chi connectivity index (χ0) is 20.6. The van der Waals surface area contributed by atoms with Crippen molar-refractivity contribution in [3.63, 3.8) is 0 Å². The second-order valence-electron chi connectivity index (χ2n) is 6.11. The number of urea groups is 1. The van der Waals surface area contributed by atoms with E-state index in [1.54, 1.807) is 0 Å². The summed E-state index contributed by atoms with van der Waals surface area (Å²) in [5, 5.41) is 24.9. The van der Waals surface area contributed by atoms with Crippen molar-refractivity contribution in [3.8, 4) is 0 Å². The summed E-state index contributed by atoms with van der Waals surface area (Å²) < 4.78 is 40.0. The molecular weight excluding hydrogens is 381 g/mol. The van der Waals surface area contributed by atoms with Gasteiger partial charge in [-0.15, -0.1) is 0 Å². The van der Waals surface area contributed by atoms with Crippen LogP contribution in [0.25, 0.3) is 0 Å². The highest BCUT2D eigenvalue weighted by Crippen LogP contribution is 2.36. The number of aromatic nitrogens is 1. The van der Waals surface area contributed by atoms with Crippen LogP contribution in [0.15, 0.2) is 30.5 Å². The monoisotopic (exact) mass is 396 g/mol. The van der Waals surface area contributed by atoms with Crippen molar-refractivity contribution in [2.24, 2.45) is 0 Å². The molecule has 3 amide bonds. The molecule has 148 valence electrons. The van der Waals surface area contributed by atoms with E-state index in [1.807, 2.05) is 5.32 Å². The predicted octanol–water partition coefficient (Wildman–Crippen LogP) is 1.36. The maximum absolute atomic E-state index is 13.6. The molecule has 0 aliphatic carbocycles. The van der Waals surface area contributed by atoms with Gasteiger partial charge in [0.25, 0.3) is 0 Å². The number of rotatable bonds is 4. The Balaban J connectivity index is 1.80. The van der Waals surface area contributed by atoms with Crippen LogP contribution in [0.4, 0.5) is 23.7 Å². The van der Waals surface area contributed by atoms with Gasteiger partial charge in [0.05, 0.1) is 24.5 Å². The maximum Gasteiger partial charge on any atom is 0.334 e. The number of benzene rings is 1. The molecule has 2 heterocycles. The van der Waals surface area contributed by atoms with E-state index in [9.17, 15) is 33.0 Å². The van der Waals surface area contributed by atoms with Crippen LogP contribution in [0.5, 0.6) is 0 Å². The molecule has 4 N–H and O–H groups in total. The molecule has 8 nitrogen and oxygen atoms in total. The second-order valence-corrected chi connectivity index (χ2v) is 6.11. The molecule has 1 aromatic carbocycles. The Hall–Kier alpha value is -3.18. The molecule has 1 aliphatic heterocycles. The topological polar surface area (TPSA) is 115 Å². The standard InChI is InChI=1S/C17H15F3N4O4/c1-8-11-4-9(18)2-3-13(11)23-16(26)24(8)17(27,28)15(25)22-7-14-12(20)5-10(19)6-21-14/h2-6,8,27-28H,7H2,1H3,(H,22,25)(H,23,26). The minimum atomic E-state index is -3.34. The molecule has 0 spiro atoms. The fraction of sp³-hybridized carbons (Fsp3) is 0.235. The number of anilines is 1. The van der Waals surface area contributed by atoms with Gasteiger partial charge >= 0.3 is 17.8 Å². The van der Waals surface area contributed by atoms with Crippen LogP contribution in [-0.4, -0.2) is 37.9 Å². The van der Waals surface area contributed by atoms with Crippen LogP contribution in [0.2, 0.25) is 0 Å². The molecule has 3 rings (SSSR count). The summed E-state index contributed by atoms with van der Waals surface area (Å²) in [7, 11) is 0. The normalized spacial score (nSPS) is 16.4. The lowest BCUT2D eigenvalue weighted by molar-refractivity contribution is -0.242. The maximum atomic E-state index is 13.6. The van der Waals surface area contributed by atoms with Gasteiger partial charge in [0.2, 0.25) is 0 Å². The number of halogens is 3. The van der Waals surface area contributed by atoms with Crippen LogP contribution >= 0.6 is 0 Å². The van der Waals surface area contributed by atoms with Crippen molar-refractivity contribution in [1.29, 1.82) is 0 Å². The average molecular weight is 396 g/mol. The first-order valence-electron chi connectivity index (χ1n) is 8.04. The SMILES string of the molecule is CC1c2cc(F)ccc2NC(=O)N1C(O)(O)C(=O)NCc1ncc(F)cc1F. The third-order valence-electron chi connectivity index (χ3n) is 4.25. The number of nitrogens with one attached hydrogen (secondary N) is 2. The van der Waals surface area contributed by atoms with Crippen molar-refractivity contribution in [1.82, 2.24) is 15.2 Å². The smallest absolute Gasteiger partial charge is 0.334 e. The van der Waals surface area contributed by atoms with Crippen LogP contribution in [0.3, 0.4) is 0 Å². The van der Waals surface area contributed by atoms with Crippen molar-refractivity contribution >= 4 is 17.6 Å².